The fraction of sp³-hybridized carbons (Fsp3) is 0.250. The van der Waals surface area contributed by atoms with Gasteiger partial charge in [-0.25, -0.2) is 4.68 Å². The molecule has 0 amide bonds. The normalized spacial score (nSPS) is 13.3. The Bertz CT molecular complexity index is 480. The maximum Gasteiger partial charge on any atom is 0.125 e. The van der Waals surface area contributed by atoms with Gasteiger partial charge in [0, 0.05) is 18.2 Å². The molecular weight excluding hydrogens is 202 g/mol. The minimum absolute atomic E-state index is 0.869. The third-order valence-electron chi connectivity index (χ3n) is 2.80. The van der Waals surface area contributed by atoms with Crippen LogP contribution in [0.2, 0.25) is 0 Å². The first-order valence-electron chi connectivity index (χ1n) is 5.33. The zero-order valence-electron chi connectivity index (χ0n) is 9.10. The summed E-state index contributed by atoms with van der Waals surface area (Å²) in [6, 6.07) is 10.0. The summed E-state index contributed by atoms with van der Waals surface area (Å²) < 4.78 is 7.13. The van der Waals surface area contributed by atoms with Crippen molar-refractivity contribution in [3.63, 3.8) is 0 Å². The predicted molar refractivity (Wildman–Crippen MR) is 62.7 cm³/mol. The van der Waals surface area contributed by atoms with Crippen molar-refractivity contribution < 1.29 is 4.74 Å². The molecule has 4 heteroatoms. The zero-order chi connectivity index (χ0) is 11.0. The molecule has 0 saturated heterocycles. The molecule has 16 heavy (non-hydrogen) atoms. The third kappa shape index (κ3) is 1.43. The van der Waals surface area contributed by atoms with Gasteiger partial charge in [0.25, 0.3) is 0 Å². The Balaban J connectivity index is 1.95. The second-order valence-corrected chi connectivity index (χ2v) is 3.79. The summed E-state index contributed by atoms with van der Waals surface area (Å²) >= 11 is 0. The van der Waals surface area contributed by atoms with Crippen LogP contribution < -0.4 is 10.1 Å². The van der Waals surface area contributed by atoms with E-state index in [1.807, 2.05) is 28.9 Å². The Labute approximate surface area is 93.8 Å². The van der Waals surface area contributed by atoms with E-state index in [0.717, 1.165) is 35.9 Å². The van der Waals surface area contributed by atoms with Gasteiger partial charge in [0.2, 0.25) is 0 Å². The molecule has 0 aliphatic carbocycles. The van der Waals surface area contributed by atoms with E-state index in [1.54, 1.807) is 7.11 Å². The Morgan fingerprint density at radius 1 is 1.31 bits per heavy atom. The number of anilines is 1. The van der Waals surface area contributed by atoms with Gasteiger partial charge in [-0.05, 0) is 24.3 Å². The number of rotatable bonds is 2. The summed E-state index contributed by atoms with van der Waals surface area (Å²) in [6.07, 6.45) is 0. The lowest BCUT2D eigenvalue weighted by Crippen LogP contribution is -1.96. The molecule has 0 bridgehead atoms. The van der Waals surface area contributed by atoms with Gasteiger partial charge < -0.3 is 10.1 Å². The second kappa shape index (κ2) is 3.56. The van der Waals surface area contributed by atoms with Crippen molar-refractivity contribution in [2.45, 2.75) is 6.54 Å². The fourth-order valence-corrected chi connectivity index (χ4v) is 1.92. The number of fused-ring (bicyclic) bond motifs is 1. The Morgan fingerprint density at radius 2 is 2.12 bits per heavy atom. The molecule has 2 aromatic rings. The van der Waals surface area contributed by atoms with Gasteiger partial charge in [-0.1, -0.05) is 0 Å². The molecule has 0 atom stereocenters. The van der Waals surface area contributed by atoms with Crippen molar-refractivity contribution >= 4 is 5.82 Å². The summed E-state index contributed by atoms with van der Waals surface area (Å²) in [5.41, 5.74) is 2.12. The van der Waals surface area contributed by atoms with Gasteiger partial charge in [0.15, 0.2) is 0 Å². The first-order valence-corrected chi connectivity index (χ1v) is 5.33. The topological polar surface area (TPSA) is 39.1 Å². The number of hydrogen-bond acceptors (Lipinski definition) is 3. The molecule has 0 fully saturated rings. The highest BCUT2D eigenvalue weighted by molar-refractivity contribution is 5.64. The summed E-state index contributed by atoms with van der Waals surface area (Å²) in [5.74, 6) is 1.97. The SMILES string of the molecule is COc1ccc(-c2cc3n(n2)CCN3)cc1. The molecule has 0 unspecified atom stereocenters. The largest absolute Gasteiger partial charge is 0.497 e. The summed E-state index contributed by atoms with van der Waals surface area (Å²) in [5, 5.41) is 7.82. The summed E-state index contributed by atoms with van der Waals surface area (Å²) in [4.78, 5) is 0. The molecule has 0 saturated carbocycles. The number of hydrogen-bond donors (Lipinski definition) is 1. The molecule has 1 aromatic heterocycles. The first kappa shape index (κ1) is 9.27. The summed E-state index contributed by atoms with van der Waals surface area (Å²) in [7, 11) is 1.67. The average Bonchev–Trinajstić information content (AvgIpc) is 2.89. The maximum atomic E-state index is 5.13. The van der Waals surface area contributed by atoms with Gasteiger partial charge in [0.05, 0.1) is 19.3 Å². The van der Waals surface area contributed by atoms with Crippen LogP contribution >= 0.6 is 0 Å². The van der Waals surface area contributed by atoms with E-state index in [4.69, 9.17) is 4.74 Å². The van der Waals surface area contributed by atoms with Crippen LogP contribution in [0.4, 0.5) is 5.82 Å². The molecule has 82 valence electrons. The fourth-order valence-electron chi connectivity index (χ4n) is 1.92. The van der Waals surface area contributed by atoms with E-state index in [9.17, 15) is 0 Å². The van der Waals surface area contributed by atoms with E-state index in [0.29, 0.717) is 0 Å². The van der Waals surface area contributed by atoms with Crippen molar-refractivity contribution in [2.24, 2.45) is 0 Å². The lowest BCUT2D eigenvalue weighted by atomic mass is 10.1. The minimum Gasteiger partial charge on any atom is -0.497 e. The second-order valence-electron chi connectivity index (χ2n) is 3.79. The third-order valence-corrected chi connectivity index (χ3v) is 2.80. The van der Waals surface area contributed by atoms with Crippen molar-refractivity contribution in [3.05, 3.63) is 30.3 Å². The Hall–Kier alpha value is -1.97. The van der Waals surface area contributed by atoms with Crippen LogP contribution in [0.3, 0.4) is 0 Å². The van der Waals surface area contributed by atoms with Crippen LogP contribution in [0, 0.1) is 0 Å². The number of benzene rings is 1. The van der Waals surface area contributed by atoms with Crippen LogP contribution in [0.15, 0.2) is 30.3 Å². The first-order chi connectivity index (χ1) is 7.86. The van der Waals surface area contributed by atoms with E-state index in [1.165, 1.54) is 0 Å². The lowest BCUT2D eigenvalue weighted by Gasteiger charge is -2.00. The lowest BCUT2D eigenvalue weighted by molar-refractivity contribution is 0.415. The average molecular weight is 215 g/mol. The molecule has 0 spiro atoms. The molecular formula is C12H13N3O. The van der Waals surface area contributed by atoms with Crippen molar-refractivity contribution in [2.75, 3.05) is 19.0 Å². The number of methoxy groups -OCH3 is 1. The van der Waals surface area contributed by atoms with Crippen molar-refractivity contribution in [3.8, 4) is 17.0 Å². The van der Waals surface area contributed by atoms with E-state index >= 15 is 0 Å². The summed E-state index contributed by atoms with van der Waals surface area (Å²) in [6.45, 7) is 1.93. The smallest absolute Gasteiger partial charge is 0.125 e. The number of ether oxygens (including phenoxy) is 1. The quantitative estimate of drug-likeness (QED) is 0.832. The molecule has 1 aromatic carbocycles. The molecule has 1 aliphatic rings. The molecule has 3 rings (SSSR count). The maximum absolute atomic E-state index is 5.13. The van der Waals surface area contributed by atoms with E-state index in [-0.39, 0.29) is 0 Å². The van der Waals surface area contributed by atoms with Crippen LogP contribution in [-0.4, -0.2) is 23.4 Å². The highest BCUT2D eigenvalue weighted by atomic mass is 16.5. The molecule has 2 heterocycles. The van der Waals surface area contributed by atoms with Gasteiger partial charge in [-0.2, -0.15) is 5.10 Å². The van der Waals surface area contributed by atoms with Crippen LogP contribution in [0.5, 0.6) is 5.75 Å². The Morgan fingerprint density at radius 3 is 2.81 bits per heavy atom. The predicted octanol–water partition coefficient (Wildman–Crippen LogP) is 1.98. The Kier molecular flexibility index (Phi) is 2.06. The van der Waals surface area contributed by atoms with Gasteiger partial charge in [0.1, 0.15) is 11.6 Å². The van der Waals surface area contributed by atoms with Gasteiger partial charge in [-0.15, -0.1) is 0 Å². The monoisotopic (exact) mass is 215 g/mol. The van der Waals surface area contributed by atoms with Crippen LogP contribution in [0.1, 0.15) is 0 Å². The minimum atomic E-state index is 0.869. The number of nitrogens with one attached hydrogen (secondary N) is 1. The molecule has 1 aliphatic heterocycles. The zero-order valence-corrected chi connectivity index (χ0v) is 9.10. The van der Waals surface area contributed by atoms with Gasteiger partial charge in [-0.3, -0.25) is 0 Å². The van der Waals surface area contributed by atoms with E-state index in [2.05, 4.69) is 16.5 Å². The highest BCUT2D eigenvalue weighted by Gasteiger charge is 2.13. The van der Waals surface area contributed by atoms with Crippen molar-refractivity contribution in [1.29, 1.82) is 0 Å². The molecule has 0 radical (unpaired) electrons. The van der Waals surface area contributed by atoms with Crippen LogP contribution in [-0.2, 0) is 6.54 Å². The van der Waals surface area contributed by atoms with Crippen molar-refractivity contribution in [1.82, 2.24) is 9.78 Å². The van der Waals surface area contributed by atoms with E-state index < -0.39 is 0 Å². The van der Waals surface area contributed by atoms with Crippen LogP contribution in [0.25, 0.3) is 11.3 Å². The number of aromatic nitrogens is 2. The highest BCUT2D eigenvalue weighted by Crippen LogP contribution is 2.25. The molecule has 1 N–H and O–H groups in total. The van der Waals surface area contributed by atoms with Gasteiger partial charge >= 0.3 is 0 Å². The number of nitrogens with zero attached hydrogens (tertiary/aromatic N) is 2. The standard InChI is InChI=1S/C12H13N3O/c1-16-10-4-2-9(3-5-10)11-8-12-13-6-7-15(12)14-11/h2-5,8,13H,6-7H2,1H3. The molecule has 4 nitrogen and oxygen atoms in total.